The maximum Gasteiger partial charge on any atom is 0.0540 e. The largest absolute Gasteiger partial charge is 0.393 e. The van der Waals surface area contributed by atoms with E-state index in [1.54, 1.807) is 0 Å². The lowest BCUT2D eigenvalue weighted by Gasteiger charge is -2.35. The highest BCUT2D eigenvalue weighted by atomic mass is 16.3. The van der Waals surface area contributed by atoms with Crippen LogP contribution in [0.5, 0.6) is 0 Å². The van der Waals surface area contributed by atoms with Gasteiger partial charge in [0.05, 0.1) is 6.10 Å². The van der Waals surface area contributed by atoms with Crippen LogP contribution in [0.2, 0.25) is 0 Å². The van der Waals surface area contributed by atoms with Crippen molar-refractivity contribution in [1.82, 2.24) is 9.88 Å². The van der Waals surface area contributed by atoms with Crippen molar-refractivity contribution < 1.29 is 5.11 Å². The predicted molar refractivity (Wildman–Crippen MR) is 65.2 cm³/mol. The number of rotatable bonds is 3. The average molecular weight is 222 g/mol. The van der Waals surface area contributed by atoms with Crippen molar-refractivity contribution in [2.75, 3.05) is 14.1 Å². The molecule has 0 aliphatic heterocycles. The second kappa shape index (κ2) is 5.02. The molecule has 1 aliphatic carbocycles. The molecule has 1 aromatic heterocycles. The fourth-order valence-corrected chi connectivity index (χ4v) is 2.93. The molecule has 1 saturated carbocycles. The minimum absolute atomic E-state index is 0.0645. The quantitative estimate of drug-likeness (QED) is 0.822. The van der Waals surface area contributed by atoms with Crippen LogP contribution in [0.15, 0.2) is 18.5 Å². The molecule has 0 spiro atoms. The number of aromatic nitrogens is 1. The van der Waals surface area contributed by atoms with Crippen LogP contribution in [0.3, 0.4) is 0 Å². The summed E-state index contributed by atoms with van der Waals surface area (Å²) in [5, 5.41) is 9.56. The van der Waals surface area contributed by atoms with Crippen LogP contribution in [0.4, 0.5) is 0 Å². The van der Waals surface area contributed by atoms with Crippen LogP contribution in [-0.4, -0.2) is 35.2 Å². The fraction of sp³-hybridized carbons (Fsp3) is 0.692. The van der Waals surface area contributed by atoms with E-state index in [1.165, 1.54) is 5.56 Å². The molecular formula is C13H22N2O. The van der Waals surface area contributed by atoms with E-state index in [2.05, 4.69) is 36.2 Å². The van der Waals surface area contributed by atoms with E-state index < -0.39 is 0 Å². The van der Waals surface area contributed by atoms with Crippen molar-refractivity contribution >= 4 is 0 Å². The zero-order valence-electron chi connectivity index (χ0n) is 10.2. The third-order valence-electron chi connectivity index (χ3n) is 3.71. The third-order valence-corrected chi connectivity index (χ3v) is 3.71. The van der Waals surface area contributed by atoms with Crippen LogP contribution in [-0.2, 0) is 0 Å². The molecule has 0 amide bonds. The third kappa shape index (κ3) is 2.47. The van der Waals surface area contributed by atoms with Gasteiger partial charge in [-0.25, -0.2) is 0 Å². The Balaban J connectivity index is 2.08. The first kappa shape index (κ1) is 11.7. The van der Waals surface area contributed by atoms with Gasteiger partial charge < -0.3 is 15.0 Å². The summed E-state index contributed by atoms with van der Waals surface area (Å²) in [6.45, 7) is 0. The zero-order chi connectivity index (χ0) is 11.5. The summed E-state index contributed by atoms with van der Waals surface area (Å²) in [4.78, 5) is 5.43. The van der Waals surface area contributed by atoms with E-state index >= 15 is 0 Å². The Kier molecular flexibility index (Phi) is 3.66. The van der Waals surface area contributed by atoms with E-state index in [0.717, 1.165) is 25.7 Å². The van der Waals surface area contributed by atoms with Gasteiger partial charge in [0.1, 0.15) is 0 Å². The maximum atomic E-state index is 9.56. The van der Waals surface area contributed by atoms with Crippen molar-refractivity contribution in [1.29, 1.82) is 0 Å². The minimum atomic E-state index is -0.0645. The Hall–Kier alpha value is -0.800. The number of nitrogens with one attached hydrogen (secondary N) is 1. The molecule has 90 valence electrons. The summed E-state index contributed by atoms with van der Waals surface area (Å²) in [6.07, 6.45) is 8.20. The molecule has 16 heavy (non-hydrogen) atoms. The Labute approximate surface area is 97.5 Å². The van der Waals surface area contributed by atoms with Crippen LogP contribution in [0.25, 0.3) is 0 Å². The van der Waals surface area contributed by atoms with Crippen molar-refractivity contribution in [2.24, 2.45) is 5.92 Å². The standard InChI is InChI=1S/C13H22N2O/c1-15(2)13(11-7-8-14-9-11)10-3-5-12(16)6-4-10/h7-10,12-14,16H,3-6H2,1-2H3. The van der Waals surface area contributed by atoms with Gasteiger partial charge >= 0.3 is 0 Å². The molecule has 2 rings (SSSR count). The first-order valence-corrected chi connectivity index (χ1v) is 6.15. The number of H-pyrrole nitrogens is 1. The maximum absolute atomic E-state index is 9.56. The SMILES string of the molecule is CN(C)C(c1cc[nH]c1)C1CCC(O)CC1. The fourth-order valence-electron chi connectivity index (χ4n) is 2.93. The molecular weight excluding hydrogens is 200 g/mol. The molecule has 1 unspecified atom stereocenters. The summed E-state index contributed by atoms with van der Waals surface area (Å²) >= 11 is 0. The first-order chi connectivity index (χ1) is 7.68. The van der Waals surface area contributed by atoms with E-state index in [-0.39, 0.29) is 6.10 Å². The molecule has 1 aliphatic rings. The minimum Gasteiger partial charge on any atom is -0.393 e. The second-order valence-electron chi connectivity index (χ2n) is 5.12. The summed E-state index contributed by atoms with van der Waals surface area (Å²) in [5.41, 5.74) is 1.37. The number of hydrogen-bond donors (Lipinski definition) is 2. The number of aromatic amines is 1. The van der Waals surface area contributed by atoms with E-state index in [4.69, 9.17) is 0 Å². The van der Waals surface area contributed by atoms with Gasteiger partial charge in [0.2, 0.25) is 0 Å². The number of aliphatic hydroxyl groups excluding tert-OH is 1. The number of hydrogen-bond acceptors (Lipinski definition) is 2. The Morgan fingerprint density at radius 3 is 2.50 bits per heavy atom. The monoisotopic (exact) mass is 222 g/mol. The lowest BCUT2D eigenvalue weighted by molar-refractivity contribution is 0.0779. The highest BCUT2D eigenvalue weighted by molar-refractivity contribution is 5.15. The molecule has 0 bridgehead atoms. The van der Waals surface area contributed by atoms with Crippen LogP contribution >= 0.6 is 0 Å². The highest BCUT2D eigenvalue weighted by Crippen LogP contribution is 2.37. The molecule has 3 nitrogen and oxygen atoms in total. The molecule has 1 aromatic rings. The summed E-state index contributed by atoms with van der Waals surface area (Å²) in [5.74, 6) is 0.675. The topological polar surface area (TPSA) is 39.3 Å². The van der Waals surface area contributed by atoms with Gasteiger partial charge in [-0.15, -0.1) is 0 Å². The highest BCUT2D eigenvalue weighted by Gasteiger charge is 2.29. The number of nitrogens with zero attached hydrogens (tertiary/aromatic N) is 1. The Bertz CT molecular complexity index is 300. The van der Waals surface area contributed by atoms with Gasteiger partial charge in [0, 0.05) is 18.4 Å². The van der Waals surface area contributed by atoms with Gasteiger partial charge in [0.15, 0.2) is 0 Å². The van der Waals surface area contributed by atoms with Crippen molar-refractivity contribution in [3.05, 3.63) is 24.0 Å². The smallest absolute Gasteiger partial charge is 0.0540 e. The van der Waals surface area contributed by atoms with E-state index in [0.29, 0.717) is 12.0 Å². The Morgan fingerprint density at radius 2 is 2.00 bits per heavy atom. The van der Waals surface area contributed by atoms with Gasteiger partial charge in [-0.1, -0.05) is 0 Å². The average Bonchev–Trinajstić information content (AvgIpc) is 2.74. The molecule has 0 saturated heterocycles. The first-order valence-electron chi connectivity index (χ1n) is 6.15. The molecule has 0 radical (unpaired) electrons. The molecule has 1 heterocycles. The van der Waals surface area contributed by atoms with Crippen LogP contribution in [0.1, 0.15) is 37.3 Å². The lowest BCUT2D eigenvalue weighted by Crippen LogP contribution is -2.31. The molecule has 1 atom stereocenters. The van der Waals surface area contributed by atoms with Crippen LogP contribution in [0, 0.1) is 5.92 Å². The van der Waals surface area contributed by atoms with Crippen molar-refractivity contribution in [2.45, 2.75) is 37.8 Å². The van der Waals surface area contributed by atoms with E-state index in [1.807, 2.05) is 6.20 Å². The summed E-state index contributed by atoms with van der Waals surface area (Å²) in [7, 11) is 4.28. The zero-order valence-corrected chi connectivity index (χ0v) is 10.2. The molecule has 2 N–H and O–H groups in total. The number of aliphatic hydroxyl groups is 1. The normalized spacial score (nSPS) is 28.2. The summed E-state index contributed by atoms with van der Waals surface area (Å²) < 4.78 is 0. The predicted octanol–water partition coefficient (Wildman–Crippen LogP) is 2.17. The van der Waals surface area contributed by atoms with Crippen LogP contribution < -0.4 is 0 Å². The summed E-state index contributed by atoms with van der Waals surface area (Å²) in [6, 6.07) is 2.65. The molecule has 3 heteroatoms. The van der Waals surface area contributed by atoms with Gasteiger partial charge in [-0.2, -0.15) is 0 Å². The van der Waals surface area contributed by atoms with Gasteiger partial charge in [-0.3, -0.25) is 0 Å². The lowest BCUT2D eigenvalue weighted by atomic mass is 9.80. The second-order valence-corrected chi connectivity index (χ2v) is 5.12. The Morgan fingerprint density at radius 1 is 1.31 bits per heavy atom. The van der Waals surface area contributed by atoms with Gasteiger partial charge in [0.25, 0.3) is 0 Å². The van der Waals surface area contributed by atoms with E-state index in [9.17, 15) is 5.11 Å². The molecule has 1 fully saturated rings. The molecule has 0 aromatic carbocycles. The van der Waals surface area contributed by atoms with Crippen molar-refractivity contribution in [3.63, 3.8) is 0 Å². The van der Waals surface area contributed by atoms with Crippen molar-refractivity contribution in [3.8, 4) is 0 Å². The van der Waals surface area contributed by atoms with Gasteiger partial charge in [-0.05, 0) is 57.3 Å².